The van der Waals surface area contributed by atoms with Crippen molar-refractivity contribution in [3.8, 4) is 5.75 Å². The summed E-state index contributed by atoms with van der Waals surface area (Å²) in [6.45, 7) is 1.34. The van der Waals surface area contributed by atoms with E-state index in [2.05, 4.69) is 4.98 Å². The first kappa shape index (κ1) is 19.9. The zero-order valence-electron chi connectivity index (χ0n) is 16.2. The van der Waals surface area contributed by atoms with Crippen LogP contribution in [0.4, 0.5) is 11.5 Å². The number of fused-ring (bicyclic) bond motifs is 1. The molecule has 2 aromatic carbocycles. The number of hydrogen-bond acceptors (Lipinski definition) is 6. The highest BCUT2D eigenvalue weighted by molar-refractivity contribution is 7.99. The Morgan fingerprint density at radius 1 is 1.17 bits per heavy atom. The van der Waals surface area contributed by atoms with E-state index in [9.17, 15) is 14.9 Å². The van der Waals surface area contributed by atoms with Gasteiger partial charge in [-0.1, -0.05) is 42.5 Å². The molecule has 3 aromatic rings. The molecule has 8 heteroatoms. The Hall–Kier alpha value is -3.39. The number of hydrogen-bond donors (Lipinski definition) is 0. The van der Waals surface area contributed by atoms with Crippen LogP contribution in [0.5, 0.6) is 5.75 Å². The van der Waals surface area contributed by atoms with Crippen LogP contribution < -0.4 is 9.64 Å². The summed E-state index contributed by atoms with van der Waals surface area (Å²) < 4.78 is 5.57. The van der Waals surface area contributed by atoms with Gasteiger partial charge in [0, 0.05) is 17.6 Å². The van der Waals surface area contributed by atoms with Gasteiger partial charge in [0.2, 0.25) is 5.75 Å². The maximum absolute atomic E-state index is 13.3. The summed E-state index contributed by atoms with van der Waals surface area (Å²) >= 11 is 1.70. The molecule has 1 amide bonds. The number of nitro groups is 1. The number of aromatic nitrogens is 1. The third-order valence-corrected chi connectivity index (χ3v) is 5.93. The molecule has 1 atom stereocenters. The molecule has 0 N–H and O–H groups in total. The van der Waals surface area contributed by atoms with Gasteiger partial charge in [0.15, 0.2) is 6.61 Å². The Balaban J connectivity index is 1.63. The fourth-order valence-electron chi connectivity index (χ4n) is 3.40. The van der Waals surface area contributed by atoms with Crippen LogP contribution in [0.3, 0.4) is 0 Å². The summed E-state index contributed by atoms with van der Waals surface area (Å²) in [6.07, 6.45) is 0. The number of nitrogens with zero attached hydrogens (tertiary/aromatic N) is 3. The Bertz CT molecular complexity index is 1090. The fraction of sp³-hybridized carbons (Fsp3) is 0.182. The number of aryl methyl sites for hydroxylation is 1. The molecule has 7 nitrogen and oxygen atoms in total. The highest BCUT2D eigenvalue weighted by atomic mass is 32.2. The Morgan fingerprint density at radius 2 is 1.90 bits per heavy atom. The van der Waals surface area contributed by atoms with Crippen LogP contribution >= 0.6 is 11.8 Å². The Labute approximate surface area is 177 Å². The predicted molar refractivity (Wildman–Crippen MR) is 115 cm³/mol. The number of amides is 1. The van der Waals surface area contributed by atoms with Crippen LogP contribution in [0.25, 0.3) is 0 Å². The van der Waals surface area contributed by atoms with Crippen molar-refractivity contribution in [2.45, 2.75) is 17.9 Å². The number of benzene rings is 2. The summed E-state index contributed by atoms with van der Waals surface area (Å²) in [5.74, 6) is 0.0253. The average Bonchev–Trinajstić information content (AvgIpc) is 2.77. The molecule has 2 heterocycles. The molecular weight excluding hydrogens is 402 g/mol. The van der Waals surface area contributed by atoms with Crippen molar-refractivity contribution in [1.82, 2.24) is 4.98 Å². The number of rotatable bonds is 5. The number of carbonyl (C=O) groups is 1. The second kappa shape index (κ2) is 8.54. The molecule has 0 aliphatic carbocycles. The van der Waals surface area contributed by atoms with E-state index in [1.807, 2.05) is 54.6 Å². The first-order valence-electron chi connectivity index (χ1n) is 9.38. The van der Waals surface area contributed by atoms with Gasteiger partial charge in [-0.15, -0.1) is 11.8 Å². The van der Waals surface area contributed by atoms with E-state index >= 15 is 0 Å². The van der Waals surface area contributed by atoms with Gasteiger partial charge < -0.3 is 14.9 Å². The minimum Gasteiger partial charge on any atom is -0.476 e. The van der Waals surface area contributed by atoms with E-state index in [-0.39, 0.29) is 24.3 Å². The van der Waals surface area contributed by atoms with Crippen molar-refractivity contribution in [2.24, 2.45) is 0 Å². The Kier molecular flexibility index (Phi) is 5.67. The van der Waals surface area contributed by atoms with E-state index < -0.39 is 10.7 Å². The molecule has 0 bridgehead atoms. The van der Waals surface area contributed by atoms with Crippen LogP contribution in [-0.4, -0.2) is 28.2 Å². The van der Waals surface area contributed by atoms with Gasteiger partial charge in [-0.2, -0.15) is 0 Å². The summed E-state index contributed by atoms with van der Waals surface area (Å²) in [7, 11) is 0. The number of anilines is 1. The second-order valence-electron chi connectivity index (χ2n) is 6.79. The first-order chi connectivity index (χ1) is 14.5. The van der Waals surface area contributed by atoms with Gasteiger partial charge in [-0.25, -0.2) is 0 Å². The molecule has 152 valence electrons. The minimum atomic E-state index is -0.605. The minimum absolute atomic E-state index is 0.0186. The lowest BCUT2D eigenvalue weighted by Gasteiger charge is -2.37. The van der Waals surface area contributed by atoms with Crippen molar-refractivity contribution in [3.05, 3.63) is 88.1 Å². The first-order valence-corrected chi connectivity index (χ1v) is 10.4. The van der Waals surface area contributed by atoms with Crippen molar-refractivity contribution in [2.75, 3.05) is 17.3 Å². The van der Waals surface area contributed by atoms with Crippen LogP contribution in [0.15, 0.2) is 71.6 Å². The van der Waals surface area contributed by atoms with E-state index in [4.69, 9.17) is 4.74 Å². The summed E-state index contributed by atoms with van der Waals surface area (Å²) in [5, 5.41) is 11.3. The number of ether oxygens (including phenoxy) is 1. The van der Waals surface area contributed by atoms with E-state index in [0.29, 0.717) is 11.4 Å². The normalized spacial score (nSPS) is 15.4. The van der Waals surface area contributed by atoms with Gasteiger partial charge in [-0.05, 0) is 39.7 Å². The average molecular weight is 421 g/mol. The van der Waals surface area contributed by atoms with E-state index in [1.165, 1.54) is 6.07 Å². The number of carbonyl (C=O) groups excluding carboxylic acids is 1. The highest BCUT2D eigenvalue weighted by Gasteiger charge is 2.33. The largest absolute Gasteiger partial charge is 0.476 e. The van der Waals surface area contributed by atoms with E-state index in [1.54, 1.807) is 29.7 Å². The maximum Gasteiger partial charge on any atom is 0.406 e. The molecule has 0 fully saturated rings. The van der Waals surface area contributed by atoms with Gasteiger partial charge in [0.25, 0.3) is 5.91 Å². The predicted octanol–water partition coefficient (Wildman–Crippen LogP) is 4.56. The highest BCUT2D eigenvalue weighted by Crippen LogP contribution is 2.43. The van der Waals surface area contributed by atoms with Crippen LogP contribution in [0.1, 0.15) is 17.3 Å². The molecule has 4 rings (SSSR count). The molecule has 1 aliphatic rings. The molecule has 0 spiro atoms. The summed E-state index contributed by atoms with van der Waals surface area (Å²) in [6, 6.07) is 20.5. The van der Waals surface area contributed by atoms with E-state index in [0.717, 1.165) is 16.1 Å². The number of para-hydroxylation sites is 1. The van der Waals surface area contributed by atoms with Crippen molar-refractivity contribution in [1.29, 1.82) is 0 Å². The third kappa shape index (κ3) is 3.99. The maximum atomic E-state index is 13.3. The lowest BCUT2D eigenvalue weighted by Crippen LogP contribution is -2.41. The zero-order valence-corrected chi connectivity index (χ0v) is 17.0. The standard InChI is InChI=1S/C22H19N3O4S/c1-15-11-12-19(22(23-15)25(27)28)29-13-21(26)24-17-9-5-6-10-20(17)30-14-18(24)16-7-3-2-4-8-16/h2-12,18H,13-14H2,1H3/t18-/m0/s1. The number of thioether (sulfide) groups is 1. The van der Waals surface area contributed by atoms with Gasteiger partial charge in [-0.3, -0.25) is 9.69 Å². The molecule has 0 unspecified atom stereocenters. The van der Waals surface area contributed by atoms with Gasteiger partial charge in [0.05, 0.1) is 11.7 Å². The summed E-state index contributed by atoms with van der Waals surface area (Å²) in [5.41, 5.74) is 2.34. The van der Waals surface area contributed by atoms with Crippen LogP contribution in [0, 0.1) is 17.0 Å². The third-order valence-electron chi connectivity index (χ3n) is 4.79. The lowest BCUT2D eigenvalue weighted by molar-refractivity contribution is -0.390. The van der Waals surface area contributed by atoms with Crippen molar-refractivity contribution < 1.29 is 14.5 Å². The summed E-state index contributed by atoms with van der Waals surface area (Å²) in [4.78, 5) is 30.6. The van der Waals surface area contributed by atoms with Gasteiger partial charge >= 0.3 is 5.82 Å². The van der Waals surface area contributed by atoms with Crippen LogP contribution in [0.2, 0.25) is 0 Å². The molecule has 0 radical (unpaired) electrons. The van der Waals surface area contributed by atoms with Crippen LogP contribution in [-0.2, 0) is 4.79 Å². The molecule has 30 heavy (non-hydrogen) atoms. The van der Waals surface area contributed by atoms with Gasteiger partial charge in [0.1, 0.15) is 5.69 Å². The fourth-order valence-corrected chi connectivity index (χ4v) is 4.57. The second-order valence-corrected chi connectivity index (χ2v) is 7.85. The number of pyridine rings is 1. The topological polar surface area (TPSA) is 85.6 Å². The Morgan fingerprint density at radius 3 is 2.67 bits per heavy atom. The molecule has 0 saturated heterocycles. The van der Waals surface area contributed by atoms with Crippen molar-refractivity contribution in [3.63, 3.8) is 0 Å². The monoisotopic (exact) mass is 421 g/mol. The smallest absolute Gasteiger partial charge is 0.406 e. The van der Waals surface area contributed by atoms with Crippen molar-refractivity contribution >= 4 is 29.2 Å². The lowest BCUT2D eigenvalue weighted by atomic mass is 10.1. The SMILES string of the molecule is Cc1ccc(OCC(=O)N2c3ccccc3SC[C@H]2c2ccccc2)c([N+](=O)[O-])n1. The quantitative estimate of drug-likeness (QED) is 0.444. The molecule has 0 saturated carbocycles. The molecule has 1 aliphatic heterocycles. The molecule has 1 aromatic heterocycles. The molecular formula is C22H19N3O4S. The zero-order chi connectivity index (χ0) is 21.1.